The maximum atomic E-state index is 12.4. The van der Waals surface area contributed by atoms with E-state index in [0.717, 1.165) is 17.5 Å². The van der Waals surface area contributed by atoms with Crippen molar-refractivity contribution in [3.05, 3.63) is 40.3 Å². The van der Waals surface area contributed by atoms with Gasteiger partial charge in [0.1, 0.15) is 10.6 Å². The summed E-state index contributed by atoms with van der Waals surface area (Å²) in [6.45, 7) is 5.91. The molecule has 0 fully saturated rings. The molecule has 0 spiro atoms. The number of esters is 1. The molecule has 0 aliphatic heterocycles. The molecule has 1 aromatic carbocycles. The number of hydrogen-bond donors (Lipinski definition) is 1. The van der Waals surface area contributed by atoms with E-state index in [4.69, 9.17) is 10.5 Å². The number of ether oxygens (including phenoxy) is 1. The van der Waals surface area contributed by atoms with E-state index in [1.807, 2.05) is 26.0 Å². The Balaban J connectivity index is 2.18. The molecule has 0 saturated heterocycles. The topological polar surface area (TPSA) is 52.3 Å². The number of nitrogen functional groups attached to an aromatic ring is 1. The van der Waals surface area contributed by atoms with Crippen LogP contribution in [-0.2, 0) is 11.2 Å². The van der Waals surface area contributed by atoms with Gasteiger partial charge in [-0.2, -0.15) is 0 Å². The van der Waals surface area contributed by atoms with Crippen LogP contribution >= 0.6 is 11.3 Å². The Morgan fingerprint density at radius 2 is 2.10 bits per heavy atom. The number of carbonyl (C=O) groups is 1. The Labute approximate surface area is 128 Å². The van der Waals surface area contributed by atoms with E-state index < -0.39 is 0 Å². The van der Waals surface area contributed by atoms with Gasteiger partial charge >= 0.3 is 5.97 Å². The molecule has 1 aliphatic carbocycles. The largest absolute Gasteiger partial charge is 0.459 e. The van der Waals surface area contributed by atoms with Crippen molar-refractivity contribution in [2.75, 3.05) is 5.73 Å². The molecule has 1 heterocycles. The normalized spacial score (nSPS) is 16.5. The van der Waals surface area contributed by atoms with Gasteiger partial charge in [0, 0.05) is 10.4 Å². The molecule has 21 heavy (non-hydrogen) atoms. The van der Waals surface area contributed by atoms with Gasteiger partial charge in [0.2, 0.25) is 0 Å². The van der Waals surface area contributed by atoms with Gasteiger partial charge < -0.3 is 10.5 Å². The Kier molecular flexibility index (Phi) is 3.49. The van der Waals surface area contributed by atoms with Crippen molar-refractivity contribution in [3.8, 4) is 11.1 Å². The lowest BCUT2D eigenvalue weighted by atomic mass is 9.82. The van der Waals surface area contributed by atoms with Crippen molar-refractivity contribution in [3.63, 3.8) is 0 Å². The molecule has 3 rings (SSSR count). The van der Waals surface area contributed by atoms with Gasteiger partial charge in [-0.15, -0.1) is 11.3 Å². The molecule has 4 heteroatoms. The van der Waals surface area contributed by atoms with Crippen molar-refractivity contribution in [1.29, 1.82) is 0 Å². The predicted molar refractivity (Wildman–Crippen MR) is 86.8 cm³/mol. The fourth-order valence-electron chi connectivity index (χ4n) is 2.94. The number of fused-ring (bicyclic) bond motifs is 3. The molecule has 0 saturated carbocycles. The van der Waals surface area contributed by atoms with E-state index in [1.165, 1.54) is 21.8 Å². The lowest BCUT2D eigenvalue weighted by Crippen LogP contribution is -2.15. The highest BCUT2D eigenvalue weighted by Gasteiger charge is 2.31. The van der Waals surface area contributed by atoms with Crippen LogP contribution in [0.5, 0.6) is 0 Å². The third kappa shape index (κ3) is 2.33. The second kappa shape index (κ2) is 5.19. The molecule has 1 unspecified atom stereocenters. The minimum Gasteiger partial charge on any atom is -0.459 e. The Bertz CT molecular complexity index is 703. The second-order valence-corrected chi connectivity index (χ2v) is 6.92. The average molecular weight is 301 g/mol. The fraction of sp³-hybridized carbons (Fsp3) is 0.353. The molecule has 1 aliphatic rings. The molecule has 3 nitrogen and oxygen atoms in total. The average Bonchev–Trinajstić information content (AvgIpc) is 2.74. The van der Waals surface area contributed by atoms with Crippen molar-refractivity contribution < 1.29 is 9.53 Å². The van der Waals surface area contributed by atoms with Crippen molar-refractivity contribution in [2.24, 2.45) is 0 Å². The third-order valence-electron chi connectivity index (χ3n) is 3.81. The quantitative estimate of drug-likeness (QED) is 0.845. The molecule has 2 aromatic rings. The van der Waals surface area contributed by atoms with Crippen LogP contribution in [0.15, 0.2) is 24.3 Å². The van der Waals surface area contributed by atoms with Gasteiger partial charge in [-0.05, 0) is 37.3 Å². The minimum atomic E-state index is -0.315. The first-order chi connectivity index (χ1) is 9.99. The minimum absolute atomic E-state index is 0.148. The monoisotopic (exact) mass is 301 g/mol. The number of thiophene rings is 1. The van der Waals surface area contributed by atoms with Crippen LogP contribution in [-0.4, -0.2) is 12.1 Å². The van der Waals surface area contributed by atoms with Crippen molar-refractivity contribution >= 4 is 22.3 Å². The molecule has 0 amide bonds. The van der Waals surface area contributed by atoms with E-state index >= 15 is 0 Å². The van der Waals surface area contributed by atoms with Gasteiger partial charge in [0.25, 0.3) is 0 Å². The summed E-state index contributed by atoms with van der Waals surface area (Å²) in [5, 5.41) is 0.564. The maximum Gasteiger partial charge on any atom is 0.342 e. The fourth-order valence-corrected chi connectivity index (χ4v) is 4.14. The van der Waals surface area contributed by atoms with E-state index in [0.29, 0.717) is 16.5 Å². The number of benzene rings is 1. The zero-order chi connectivity index (χ0) is 15.1. The second-order valence-electron chi connectivity index (χ2n) is 5.79. The summed E-state index contributed by atoms with van der Waals surface area (Å²) in [6.07, 6.45) is 0.779. The Morgan fingerprint density at radius 1 is 1.38 bits per heavy atom. The molecule has 1 atom stereocenters. The first kappa shape index (κ1) is 14.1. The van der Waals surface area contributed by atoms with E-state index in [-0.39, 0.29) is 12.1 Å². The zero-order valence-electron chi connectivity index (χ0n) is 12.5. The molecule has 1 aromatic heterocycles. The van der Waals surface area contributed by atoms with Gasteiger partial charge in [-0.3, -0.25) is 0 Å². The summed E-state index contributed by atoms with van der Waals surface area (Å²) in [5.41, 5.74) is 10.0. The molecule has 2 N–H and O–H groups in total. The summed E-state index contributed by atoms with van der Waals surface area (Å²) in [7, 11) is 0. The van der Waals surface area contributed by atoms with E-state index in [2.05, 4.69) is 19.1 Å². The van der Waals surface area contributed by atoms with Crippen LogP contribution in [0.25, 0.3) is 11.1 Å². The third-order valence-corrected chi connectivity index (χ3v) is 4.85. The number of carbonyl (C=O) groups excluding carboxylic acids is 1. The SMILES string of the molecule is CC(C)OC(=O)c1c(N)sc2c1-c1ccccc1C(C)C2. The first-order valence-corrected chi connectivity index (χ1v) is 8.02. The van der Waals surface area contributed by atoms with Crippen LogP contribution in [0.1, 0.15) is 47.5 Å². The number of nitrogens with two attached hydrogens (primary N) is 1. The van der Waals surface area contributed by atoms with Gasteiger partial charge in [-0.1, -0.05) is 31.2 Å². The smallest absolute Gasteiger partial charge is 0.342 e. The summed E-state index contributed by atoms with van der Waals surface area (Å²) in [5.74, 6) is 0.130. The molecular weight excluding hydrogens is 282 g/mol. The lowest BCUT2D eigenvalue weighted by molar-refractivity contribution is 0.0380. The lowest BCUT2D eigenvalue weighted by Gasteiger charge is -2.23. The van der Waals surface area contributed by atoms with Crippen LogP contribution in [0.4, 0.5) is 5.00 Å². The number of rotatable bonds is 2. The standard InChI is InChI=1S/C17H19NO2S/c1-9(2)20-17(19)15-14-12-7-5-4-6-11(12)10(3)8-13(14)21-16(15)18/h4-7,9-10H,8,18H2,1-3H3. The van der Waals surface area contributed by atoms with E-state index in [9.17, 15) is 4.79 Å². The maximum absolute atomic E-state index is 12.4. The van der Waals surface area contributed by atoms with Crippen LogP contribution in [0.2, 0.25) is 0 Å². The van der Waals surface area contributed by atoms with Crippen molar-refractivity contribution in [1.82, 2.24) is 0 Å². The summed E-state index contributed by atoms with van der Waals surface area (Å²) >= 11 is 1.52. The van der Waals surface area contributed by atoms with E-state index in [1.54, 1.807) is 0 Å². The highest BCUT2D eigenvalue weighted by atomic mass is 32.1. The molecule has 0 radical (unpaired) electrons. The van der Waals surface area contributed by atoms with Crippen LogP contribution in [0, 0.1) is 0 Å². The zero-order valence-corrected chi connectivity index (χ0v) is 13.3. The Morgan fingerprint density at radius 3 is 2.81 bits per heavy atom. The summed E-state index contributed by atoms with van der Waals surface area (Å²) in [4.78, 5) is 13.6. The molecule has 110 valence electrons. The number of anilines is 1. The summed E-state index contributed by atoms with van der Waals surface area (Å²) < 4.78 is 5.37. The van der Waals surface area contributed by atoms with Gasteiger partial charge in [-0.25, -0.2) is 4.79 Å². The summed E-state index contributed by atoms with van der Waals surface area (Å²) in [6, 6.07) is 8.25. The van der Waals surface area contributed by atoms with Crippen LogP contribution in [0.3, 0.4) is 0 Å². The van der Waals surface area contributed by atoms with Crippen LogP contribution < -0.4 is 5.73 Å². The molecule has 0 bridgehead atoms. The number of hydrogen-bond acceptors (Lipinski definition) is 4. The first-order valence-electron chi connectivity index (χ1n) is 7.20. The highest BCUT2D eigenvalue weighted by molar-refractivity contribution is 7.17. The van der Waals surface area contributed by atoms with Gasteiger partial charge in [0.15, 0.2) is 0 Å². The predicted octanol–water partition coefficient (Wildman–Crippen LogP) is 4.22. The Hall–Kier alpha value is -1.81. The van der Waals surface area contributed by atoms with Gasteiger partial charge in [0.05, 0.1) is 6.10 Å². The highest BCUT2D eigenvalue weighted by Crippen LogP contribution is 2.47. The molecular formula is C17H19NO2S. The van der Waals surface area contributed by atoms with Crippen molar-refractivity contribution in [2.45, 2.75) is 39.2 Å².